The molecular weight excluding hydrogens is 481 g/mol. The number of unbranched alkanes of at least 4 members (excludes halogenated alkanes) is 1. The number of likely N-dealkylation sites (N-methyl/N-ethyl adjacent to an activating group) is 1. The third-order valence-corrected chi connectivity index (χ3v) is 8.43. The summed E-state index contributed by atoms with van der Waals surface area (Å²) in [7, 11) is 2.22. The van der Waals surface area contributed by atoms with Crippen molar-refractivity contribution in [2.24, 2.45) is 0 Å². The number of anilines is 2. The van der Waals surface area contributed by atoms with Crippen LogP contribution in [0.15, 0.2) is 52.3 Å². The molecule has 1 heterocycles. The Morgan fingerprint density at radius 2 is 1.91 bits per heavy atom. The fraction of sp³-hybridized carbons (Fsp3) is 0.519. The highest BCUT2D eigenvalue weighted by Crippen LogP contribution is 2.44. The zero-order valence-electron chi connectivity index (χ0n) is 21.5. The molecule has 2 aromatic rings. The van der Waals surface area contributed by atoms with E-state index in [0.717, 1.165) is 12.3 Å². The monoisotopic (exact) mass is 520 g/mol. The van der Waals surface area contributed by atoms with Gasteiger partial charge < -0.3 is 9.64 Å². The molecule has 0 aliphatic carbocycles. The van der Waals surface area contributed by atoms with Crippen LogP contribution >= 0.6 is 35.5 Å². The SMILES string of the molecule is CC.CCCC[C@H]1CN(c2ccccc2)c2cc(SC)c(CSCC(=O)OCC)cc2SN1C. The zero-order valence-corrected chi connectivity index (χ0v) is 24.0. The van der Waals surface area contributed by atoms with E-state index in [1.165, 1.54) is 46.0 Å². The van der Waals surface area contributed by atoms with Crippen molar-refractivity contribution in [3.63, 3.8) is 0 Å². The molecular formula is C27H40N2O2S3. The van der Waals surface area contributed by atoms with Crippen molar-refractivity contribution in [3.05, 3.63) is 48.0 Å². The van der Waals surface area contributed by atoms with E-state index in [2.05, 4.69) is 71.9 Å². The first-order chi connectivity index (χ1) is 16.6. The summed E-state index contributed by atoms with van der Waals surface area (Å²) in [6.07, 6.45) is 5.77. The fourth-order valence-electron chi connectivity index (χ4n) is 3.84. The van der Waals surface area contributed by atoms with E-state index in [1.54, 1.807) is 23.5 Å². The minimum absolute atomic E-state index is 0.138. The molecule has 0 N–H and O–H groups in total. The maximum Gasteiger partial charge on any atom is 0.315 e. The predicted octanol–water partition coefficient (Wildman–Crippen LogP) is 7.88. The number of thioether (sulfide) groups is 2. The van der Waals surface area contributed by atoms with Crippen LogP contribution in [0.4, 0.5) is 11.4 Å². The molecule has 1 atom stereocenters. The van der Waals surface area contributed by atoms with Gasteiger partial charge in [-0.05, 0) is 68.4 Å². The van der Waals surface area contributed by atoms with Crippen molar-refractivity contribution in [2.75, 3.05) is 37.1 Å². The standard InChI is InChI=1S/C25H34N2O2S3.C2H6/c1-5-7-11-21-16-27(20-12-9-8-10-13-20)22-15-23(30-4)19(14-24(22)32-26(21)3)17-31-18-25(28)29-6-2;1-2/h8-10,12-15,21H,5-7,11,16-18H2,1-4H3;1-2H3/t21-;/m0./s1. The molecule has 1 aliphatic heterocycles. The van der Waals surface area contributed by atoms with Crippen LogP contribution in [-0.2, 0) is 15.3 Å². The molecule has 0 bridgehead atoms. The van der Waals surface area contributed by atoms with E-state index >= 15 is 0 Å². The topological polar surface area (TPSA) is 32.8 Å². The maximum absolute atomic E-state index is 11.8. The Hall–Kier alpha value is -1.28. The van der Waals surface area contributed by atoms with Crippen LogP contribution in [0, 0.1) is 0 Å². The summed E-state index contributed by atoms with van der Waals surface area (Å²) in [6.45, 7) is 9.52. The lowest BCUT2D eigenvalue weighted by molar-refractivity contribution is -0.139. The molecule has 1 aliphatic rings. The Morgan fingerprint density at radius 1 is 1.18 bits per heavy atom. The lowest BCUT2D eigenvalue weighted by Crippen LogP contribution is -2.35. The van der Waals surface area contributed by atoms with E-state index in [-0.39, 0.29) is 5.97 Å². The van der Waals surface area contributed by atoms with Crippen molar-refractivity contribution >= 4 is 52.8 Å². The number of hydrogen-bond donors (Lipinski definition) is 0. The second-order valence-electron chi connectivity index (χ2n) is 7.81. The molecule has 0 fully saturated rings. The van der Waals surface area contributed by atoms with Gasteiger partial charge in [-0.25, -0.2) is 4.31 Å². The number of hydrogen-bond acceptors (Lipinski definition) is 7. The number of ether oxygens (including phenoxy) is 1. The van der Waals surface area contributed by atoms with Crippen LogP contribution in [-0.4, -0.2) is 48.5 Å². The summed E-state index contributed by atoms with van der Waals surface area (Å²) in [5.41, 5.74) is 3.80. The minimum atomic E-state index is -0.138. The molecule has 4 nitrogen and oxygen atoms in total. The van der Waals surface area contributed by atoms with Crippen LogP contribution in [0.3, 0.4) is 0 Å². The van der Waals surface area contributed by atoms with Gasteiger partial charge in [-0.15, -0.1) is 23.5 Å². The van der Waals surface area contributed by atoms with Crippen molar-refractivity contribution in [2.45, 2.75) is 68.5 Å². The quantitative estimate of drug-likeness (QED) is 0.179. The van der Waals surface area contributed by atoms with Gasteiger partial charge in [0.05, 0.1) is 18.0 Å². The molecule has 34 heavy (non-hydrogen) atoms. The molecule has 0 amide bonds. The van der Waals surface area contributed by atoms with Crippen LogP contribution in [0.1, 0.15) is 52.5 Å². The lowest BCUT2D eigenvalue weighted by Gasteiger charge is -2.30. The lowest BCUT2D eigenvalue weighted by atomic mass is 10.1. The number of para-hydroxylation sites is 1. The largest absolute Gasteiger partial charge is 0.465 e. The second-order valence-corrected chi connectivity index (χ2v) is 10.8. The maximum atomic E-state index is 11.8. The van der Waals surface area contributed by atoms with Crippen LogP contribution in [0.5, 0.6) is 0 Å². The summed E-state index contributed by atoms with van der Waals surface area (Å²) in [4.78, 5) is 16.8. The highest BCUT2D eigenvalue weighted by molar-refractivity contribution is 7.99. The molecule has 0 aromatic heterocycles. The average molecular weight is 521 g/mol. The van der Waals surface area contributed by atoms with Gasteiger partial charge in [-0.2, -0.15) is 0 Å². The van der Waals surface area contributed by atoms with Gasteiger partial charge in [0.2, 0.25) is 0 Å². The van der Waals surface area contributed by atoms with Gasteiger partial charge in [0, 0.05) is 33.8 Å². The van der Waals surface area contributed by atoms with Crippen molar-refractivity contribution in [1.82, 2.24) is 4.31 Å². The van der Waals surface area contributed by atoms with Crippen molar-refractivity contribution in [3.8, 4) is 0 Å². The van der Waals surface area contributed by atoms with Gasteiger partial charge in [-0.3, -0.25) is 4.79 Å². The van der Waals surface area contributed by atoms with Crippen molar-refractivity contribution < 1.29 is 9.53 Å². The number of fused-ring (bicyclic) bond motifs is 1. The number of benzene rings is 2. The summed E-state index contributed by atoms with van der Waals surface area (Å²) in [5.74, 6) is 1.05. The number of esters is 1. The third kappa shape index (κ3) is 8.14. The Labute approximate surface area is 219 Å². The number of carbonyl (C=O) groups excluding carboxylic acids is 1. The van der Waals surface area contributed by atoms with E-state index < -0.39 is 0 Å². The minimum Gasteiger partial charge on any atom is -0.465 e. The van der Waals surface area contributed by atoms with Gasteiger partial charge in [0.15, 0.2) is 0 Å². The third-order valence-electron chi connectivity index (χ3n) is 5.54. The fourth-order valence-corrected chi connectivity index (χ4v) is 6.46. The second kappa shape index (κ2) is 15.7. The average Bonchev–Trinajstić information content (AvgIpc) is 2.99. The smallest absolute Gasteiger partial charge is 0.315 e. The normalized spacial score (nSPS) is 15.7. The van der Waals surface area contributed by atoms with Gasteiger partial charge in [0.1, 0.15) is 0 Å². The Balaban J connectivity index is 0.00000199. The number of nitrogens with zero attached hydrogens (tertiary/aromatic N) is 2. The molecule has 0 radical (unpaired) electrons. The summed E-state index contributed by atoms with van der Waals surface area (Å²) in [5, 5.41) is 0. The zero-order chi connectivity index (χ0) is 24.9. The van der Waals surface area contributed by atoms with E-state index in [0.29, 0.717) is 18.4 Å². The van der Waals surface area contributed by atoms with E-state index in [1.807, 2.05) is 32.7 Å². The van der Waals surface area contributed by atoms with Crippen LogP contribution in [0.2, 0.25) is 0 Å². The molecule has 7 heteroatoms. The predicted molar refractivity (Wildman–Crippen MR) is 153 cm³/mol. The Kier molecular flexibility index (Phi) is 13.3. The molecule has 0 unspecified atom stereocenters. The van der Waals surface area contributed by atoms with E-state index in [4.69, 9.17) is 4.74 Å². The van der Waals surface area contributed by atoms with Gasteiger partial charge >= 0.3 is 5.97 Å². The highest BCUT2D eigenvalue weighted by Gasteiger charge is 2.28. The van der Waals surface area contributed by atoms with Gasteiger partial charge in [-0.1, -0.05) is 51.8 Å². The summed E-state index contributed by atoms with van der Waals surface area (Å²) < 4.78 is 7.52. The first-order valence-electron chi connectivity index (χ1n) is 12.2. The number of rotatable bonds is 10. The molecule has 188 valence electrons. The van der Waals surface area contributed by atoms with Gasteiger partial charge in [0.25, 0.3) is 0 Å². The number of carbonyl (C=O) groups is 1. The molecule has 3 rings (SSSR count). The molecule has 0 saturated heterocycles. The van der Waals surface area contributed by atoms with Crippen LogP contribution in [0.25, 0.3) is 0 Å². The first-order valence-corrected chi connectivity index (χ1v) is 15.4. The summed E-state index contributed by atoms with van der Waals surface area (Å²) >= 11 is 5.26. The Bertz CT molecular complexity index is 880. The first kappa shape index (κ1) is 29.0. The van der Waals surface area contributed by atoms with E-state index in [9.17, 15) is 4.79 Å². The molecule has 0 saturated carbocycles. The highest BCUT2D eigenvalue weighted by atomic mass is 32.2. The summed E-state index contributed by atoms with van der Waals surface area (Å²) in [6, 6.07) is 15.9. The van der Waals surface area contributed by atoms with Crippen LogP contribution < -0.4 is 4.90 Å². The van der Waals surface area contributed by atoms with Crippen molar-refractivity contribution in [1.29, 1.82) is 0 Å². The molecule has 2 aromatic carbocycles. The Morgan fingerprint density at radius 3 is 2.56 bits per heavy atom. The molecule has 0 spiro atoms.